The van der Waals surface area contributed by atoms with Crippen LogP contribution in [-0.2, 0) is 4.79 Å². The van der Waals surface area contributed by atoms with Crippen LogP contribution in [0.5, 0.6) is 0 Å². The molecule has 1 atom stereocenters. The van der Waals surface area contributed by atoms with Crippen LogP contribution in [0.4, 0.5) is 15.9 Å². The lowest BCUT2D eigenvalue weighted by Crippen LogP contribution is -2.42. The summed E-state index contributed by atoms with van der Waals surface area (Å²) >= 11 is 0. The Bertz CT molecular complexity index is 809. The summed E-state index contributed by atoms with van der Waals surface area (Å²) in [5.74, 6) is -0.610. The fourth-order valence-electron chi connectivity index (χ4n) is 2.89. The number of benzene rings is 1. The molecule has 1 aliphatic heterocycles. The van der Waals surface area contributed by atoms with Gasteiger partial charge in [-0.3, -0.25) is 9.59 Å². The highest BCUT2D eigenvalue weighted by atomic mass is 19.1. The van der Waals surface area contributed by atoms with Crippen molar-refractivity contribution in [3.05, 3.63) is 54.0 Å². The van der Waals surface area contributed by atoms with Gasteiger partial charge in [-0.1, -0.05) is 12.1 Å². The van der Waals surface area contributed by atoms with E-state index in [0.29, 0.717) is 24.3 Å². The normalized spacial score (nSPS) is 16.8. The molecule has 1 aromatic carbocycles. The van der Waals surface area contributed by atoms with Gasteiger partial charge in [0, 0.05) is 26.8 Å². The summed E-state index contributed by atoms with van der Waals surface area (Å²) in [6, 6.07) is 8.77. The van der Waals surface area contributed by atoms with Gasteiger partial charge in [-0.15, -0.1) is 0 Å². The van der Waals surface area contributed by atoms with Crippen LogP contribution in [-0.4, -0.2) is 43.5 Å². The Morgan fingerprint density at radius 1 is 1.28 bits per heavy atom. The molecule has 1 saturated heterocycles. The third kappa shape index (κ3) is 3.31. The molecule has 0 spiro atoms. The van der Waals surface area contributed by atoms with Crippen LogP contribution < -0.4 is 15.1 Å². The lowest BCUT2D eigenvalue weighted by Gasteiger charge is -2.19. The number of amides is 2. The Kier molecular flexibility index (Phi) is 4.65. The first kappa shape index (κ1) is 16.9. The summed E-state index contributed by atoms with van der Waals surface area (Å²) in [6.45, 7) is 0.359. The van der Waals surface area contributed by atoms with Gasteiger partial charge in [0.1, 0.15) is 17.7 Å². The van der Waals surface area contributed by atoms with Crippen molar-refractivity contribution in [2.24, 2.45) is 0 Å². The molecule has 2 aromatic rings. The molecule has 1 fully saturated rings. The third-order valence-corrected chi connectivity index (χ3v) is 4.11. The van der Waals surface area contributed by atoms with Crippen LogP contribution >= 0.6 is 0 Å². The minimum Gasteiger partial charge on any atom is -0.362 e. The molecule has 25 heavy (non-hydrogen) atoms. The lowest BCUT2D eigenvalue weighted by molar-refractivity contribution is -0.118. The van der Waals surface area contributed by atoms with Gasteiger partial charge in [0.25, 0.3) is 5.91 Å². The topological polar surface area (TPSA) is 65.5 Å². The molecule has 2 heterocycles. The van der Waals surface area contributed by atoms with E-state index in [1.165, 1.54) is 11.0 Å². The van der Waals surface area contributed by atoms with E-state index in [1.54, 1.807) is 55.5 Å². The quantitative estimate of drug-likeness (QED) is 0.921. The van der Waals surface area contributed by atoms with Gasteiger partial charge in [-0.25, -0.2) is 9.37 Å². The van der Waals surface area contributed by atoms with Gasteiger partial charge in [-0.2, -0.15) is 0 Å². The Labute approximate surface area is 145 Å². The van der Waals surface area contributed by atoms with E-state index >= 15 is 0 Å². The third-order valence-electron chi connectivity index (χ3n) is 4.11. The fraction of sp³-hybridized carbons (Fsp3) is 0.278. The molecule has 0 saturated carbocycles. The smallest absolute Gasteiger partial charge is 0.255 e. The first-order valence-electron chi connectivity index (χ1n) is 7.98. The zero-order chi connectivity index (χ0) is 18.0. The number of anilines is 2. The average molecular weight is 342 g/mol. The minimum atomic E-state index is -0.678. The second-order valence-corrected chi connectivity index (χ2v) is 6.03. The molecule has 1 N–H and O–H groups in total. The standard InChI is InChI=1S/C18H19FN4O2/c1-22(2)16-12(6-5-10-20-16)17(24)21-14-9-11-23(18(14)25)15-8-4-3-7-13(15)19/h3-8,10,14H,9,11H2,1-2H3,(H,21,24). The fourth-order valence-corrected chi connectivity index (χ4v) is 2.89. The van der Waals surface area contributed by atoms with Gasteiger partial charge in [0.2, 0.25) is 5.91 Å². The highest BCUT2D eigenvalue weighted by Gasteiger charge is 2.35. The number of para-hydroxylation sites is 1. The van der Waals surface area contributed by atoms with Crippen LogP contribution in [0.2, 0.25) is 0 Å². The summed E-state index contributed by atoms with van der Waals surface area (Å²) < 4.78 is 13.9. The first-order chi connectivity index (χ1) is 12.0. The van der Waals surface area contributed by atoms with E-state index in [0.717, 1.165) is 0 Å². The molecule has 2 amide bonds. The number of nitrogens with zero attached hydrogens (tertiary/aromatic N) is 3. The van der Waals surface area contributed by atoms with Crippen LogP contribution in [0.25, 0.3) is 0 Å². The van der Waals surface area contributed by atoms with Crippen LogP contribution in [0, 0.1) is 5.82 Å². The van der Waals surface area contributed by atoms with Crippen LogP contribution in [0.3, 0.4) is 0 Å². The van der Waals surface area contributed by atoms with Crippen molar-refractivity contribution in [2.75, 3.05) is 30.4 Å². The maximum absolute atomic E-state index is 13.9. The number of pyridine rings is 1. The van der Waals surface area contributed by atoms with Gasteiger partial charge in [0.05, 0.1) is 11.3 Å². The molecular formula is C18H19FN4O2. The van der Waals surface area contributed by atoms with E-state index in [1.807, 2.05) is 0 Å². The summed E-state index contributed by atoms with van der Waals surface area (Å²) in [6.07, 6.45) is 2.03. The maximum Gasteiger partial charge on any atom is 0.255 e. The van der Waals surface area contributed by atoms with Gasteiger partial charge in [-0.05, 0) is 30.7 Å². The molecule has 0 aliphatic carbocycles. The van der Waals surface area contributed by atoms with E-state index in [4.69, 9.17) is 0 Å². The molecule has 6 nitrogen and oxygen atoms in total. The van der Waals surface area contributed by atoms with E-state index < -0.39 is 11.9 Å². The van der Waals surface area contributed by atoms with Crippen LogP contribution in [0.1, 0.15) is 16.8 Å². The first-order valence-corrected chi connectivity index (χ1v) is 7.98. The van der Waals surface area contributed by atoms with Gasteiger partial charge in [0.15, 0.2) is 0 Å². The Hall–Kier alpha value is -2.96. The summed E-state index contributed by atoms with van der Waals surface area (Å²) in [4.78, 5) is 32.4. The lowest BCUT2D eigenvalue weighted by atomic mass is 10.2. The highest BCUT2D eigenvalue weighted by Crippen LogP contribution is 2.25. The Morgan fingerprint density at radius 2 is 2.04 bits per heavy atom. The molecule has 7 heteroatoms. The van der Waals surface area contributed by atoms with Crippen molar-refractivity contribution in [3.8, 4) is 0 Å². The Balaban J connectivity index is 1.76. The summed E-state index contributed by atoms with van der Waals surface area (Å²) in [5, 5.41) is 2.74. The Morgan fingerprint density at radius 3 is 2.76 bits per heavy atom. The van der Waals surface area contributed by atoms with Crippen molar-refractivity contribution in [2.45, 2.75) is 12.5 Å². The number of hydrogen-bond donors (Lipinski definition) is 1. The zero-order valence-electron chi connectivity index (χ0n) is 14.1. The minimum absolute atomic E-state index is 0.236. The van der Waals surface area contributed by atoms with Crippen molar-refractivity contribution in [3.63, 3.8) is 0 Å². The van der Waals surface area contributed by atoms with E-state index in [-0.39, 0.29) is 17.5 Å². The number of rotatable bonds is 4. The number of halogens is 1. The molecule has 1 aromatic heterocycles. The molecule has 130 valence electrons. The number of hydrogen-bond acceptors (Lipinski definition) is 4. The monoisotopic (exact) mass is 342 g/mol. The average Bonchev–Trinajstić information content (AvgIpc) is 2.96. The van der Waals surface area contributed by atoms with Gasteiger partial charge < -0.3 is 15.1 Å². The predicted molar refractivity (Wildman–Crippen MR) is 93.2 cm³/mol. The molecule has 0 bridgehead atoms. The number of aromatic nitrogens is 1. The zero-order valence-corrected chi connectivity index (χ0v) is 14.1. The second kappa shape index (κ2) is 6.88. The van der Waals surface area contributed by atoms with Crippen molar-refractivity contribution < 1.29 is 14.0 Å². The highest BCUT2D eigenvalue weighted by molar-refractivity contribution is 6.05. The molecular weight excluding hydrogens is 323 g/mol. The SMILES string of the molecule is CN(C)c1ncccc1C(=O)NC1CCN(c2ccccc2F)C1=O. The molecule has 1 unspecified atom stereocenters. The predicted octanol–water partition coefficient (Wildman–Crippen LogP) is 1.82. The van der Waals surface area contributed by atoms with Crippen molar-refractivity contribution >= 4 is 23.3 Å². The maximum atomic E-state index is 13.9. The van der Waals surface area contributed by atoms with Crippen LogP contribution in [0.15, 0.2) is 42.6 Å². The number of carbonyl (C=O) groups excluding carboxylic acids is 2. The number of carbonyl (C=O) groups is 2. The molecule has 1 aliphatic rings. The van der Waals surface area contributed by atoms with E-state index in [9.17, 15) is 14.0 Å². The van der Waals surface area contributed by atoms with Crippen molar-refractivity contribution in [1.82, 2.24) is 10.3 Å². The van der Waals surface area contributed by atoms with Gasteiger partial charge >= 0.3 is 0 Å². The van der Waals surface area contributed by atoms with E-state index in [2.05, 4.69) is 10.3 Å². The molecule has 3 rings (SSSR count). The van der Waals surface area contributed by atoms with Crippen molar-refractivity contribution in [1.29, 1.82) is 0 Å². The summed E-state index contributed by atoms with van der Waals surface area (Å²) in [5.41, 5.74) is 0.629. The largest absolute Gasteiger partial charge is 0.362 e. The second-order valence-electron chi connectivity index (χ2n) is 6.03. The molecule has 0 radical (unpaired) electrons. The summed E-state index contributed by atoms with van der Waals surface area (Å²) in [7, 11) is 3.58. The number of nitrogens with one attached hydrogen (secondary N) is 1.